The number of para-hydroxylation sites is 3. The molecule has 11 rings (SSSR count). The van der Waals surface area contributed by atoms with Gasteiger partial charge in [0, 0.05) is 55.1 Å². The van der Waals surface area contributed by atoms with Crippen molar-refractivity contribution in [2.45, 2.75) is 6.92 Å². The molecule has 3 heterocycles. The molecule has 274 valence electrons. The zero-order chi connectivity index (χ0) is 38.7. The van der Waals surface area contributed by atoms with Crippen LogP contribution in [0.1, 0.15) is 18.2 Å². The Morgan fingerprint density at radius 3 is 1.69 bits per heavy atom. The number of hydrogen-bond donors (Lipinski definition) is 0. The molecule has 0 saturated heterocycles. The number of furan rings is 1. The van der Waals surface area contributed by atoms with Gasteiger partial charge in [0.25, 0.3) is 0 Å². The Bertz CT molecular complexity index is 3330. The van der Waals surface area contributed by atoms with Gasteiger partial charge in [0.15, 0.2) is 0 Å². The summed E-state index contributed by atoms with van der Waals surface area (Å²) in [6, 6.07) is 65.9. The molecule has 0 spiro atoms. The highest BCUT2D eigenvalue weighted by atomic mass is 16.3. The lowest BCUT2D eigenvalue weighted by Crippen LogP contribution is -2.09. The predicted molar refractivity (Wildman–Crippen MR) is 247 cm³/mol. The summed E-state index contributed by atoms with van der Waals surface area (Å²) in [5, 5.41) is 6.22. The first-order valence-electron chi connectivity index (χ1n) is 19.8. The summed E-state index contributed by atoms with van der Waals surface area (Å²) < 4.78 is 8.73. The normalized spacial score (nSPS) is 11.9. The molecule has 0 bridgehead atoms. The van der Waals surface area contributed by atoms with Crippen LogP contribution in [0.5, 0.6) is 0 Å². The first kappa shape index (κ1) is 33.7. The Morgan fingerprint density at radius 2 is 1.02 bits per heavy atom. The van der Waals surface area contributed by atoms with Crippen molar-refractivity contribution >= 4 is 78.3 Å². The topological polar surface area (TPSA) is 20.8 Å². The van der Waals surface area contributed by atoms with E-state index in [4.69, 9.17) is 4.42 Å². The van der Waals surface area contributed by atoms with Crippen LogP contribution in [0.2, 0.25) is 0 Å². The minimum Gasteiger partial charge on any atom is -0.456 e. The summed E-state index contributed by atoms with van der Waals surface area (Å²) in [7, 11) is 0. The zero-order valence-corrected chi connectivity index (χ0v) is 32.1. The monoisotopic (exact) mass is 742 g/mol. The summed E-state index contributed by atoms with van der Waals surface area (Å²) in [5.41, 5.74) is 15.9. The van der Waals surface area contributed by atoms with Crippen LogP contribution >= 0.6 is 0 Å². The molecule has 8 aromatic carbocycles. The van der Waals surface area contributed by atoms with Gasteiger partial charge >= 0.3 is 0 Å². The second-order valence-corrected chi connectivity index (χ2v) is 14.9. The number of benzene rings is 8. The molecule has 0 aliphatic carbocycles. The lowest BCUT2D eigenvalue weighted by molar-refractivity contribution is 0.603. The van der Waals surface area contributed by atoms with E-state index in [1.54, 1.807) is 0 Å². The average molecular weight is 743 g/mol. The highest BCUT2D eigenvalue weighted by Gasteiger charge is 2.20. The minimum absolute atomic E-state index is 0.831. The first-order valence-corrected chi connectivity index (χ1v) is 19.8. The fourth-order valence-electron chi connectivity index (χ4n) is 8.98. The molecule has 0 amide bonds. The van der Waals surface area contributed by atoms with Crippen molar-refractivity contribution in [2.75, 3.05) is 4.90 Å². The third kappa shape index (κ3) is 5.28. The summed E-state index contributed by atoms with van der Waals surface area (Å²) in [5.74, 6) is 0.831. The molecule has 3 aromatic heterocycles. The number of nitrogens with zero attached hydrogens (tertiary/aromatic N) is 2. The van der Waals surface area contributed by atoms with Gasteiger partial charge in [0.1, 0.15) is 11.3 Å². The molecule has 58 heavy (non-hydrogen) atoms. The molecule has 0 N–H and O–H groups in total. The van der Waals surface area contributed by atoms with Gasteiger partial charge in [-0.15, -0.1) is 0 Å². The molecule has 0 aliphatic rings. The molecule has 3 heteroatoms. The Hall–Kier alpha value is -7.62. The number of aromatic nitrogens is 1. The SMILES string of the molecule is C=Cc1c(/C=C\C)oc2cc(-c3ccc(N(c4ccc(-c5ccccc5)cc4)c4ccc(-c5cccc6c7cccc8c9ccccc9n(c56)c87)cc4)cc3)ccc12. The van der Waals surface area contributed by atoms with Crippen molar-refractivity contribution in [1.29, 1.82) is 0 Å². The van der Waals surface area contributed by atoms with Crippen LogP contribution in [0.15, 0.2) is 199 Å². The van der Waals surface area contributed by atoms with Crippen molar-refractivity contribution in [3.05, 3.63) is 206 Å². The number of hydrogen-bond acceptors (Lipinski definition) is 2. The Kier molecular flexibility index (Phi) is 7.87. The third-order valence-electron chi connectivity index (χ3n) is 11.7. The maximum absolute atomic E-state index is 6.26. The van der Waals surface area contributed by atoms with Crippen LogP contribution in [-0.4, -0.2) is 4.40 Å². The zero-order valence-electron chi connectivity index (χ0n) is 32.1. The van der Waals surface area contributed by atoms with E-state index < -0.39 is 0 Å². The van der Waals surface area contributed by atoms with Gasteiger partial charge in [0.2, 0.25) is 0 Å². The second-order valence-electron chi connectivity index (χ2n) is 14.9. The summed E-state index contributed by atoms with van der Waals surface area (Å²) in [6.07, 6.45) is 5.85. The van der Waals surface area contributed by atoms with Crippen LogP contribution in [0.3, 0.4) is 0 Å². The van der Waals surface area contributed by atoms with Crippen molar-refractivity contribution in [3.8, 4) is 33.4 Å². The van der Waals surface area contributed by atoms with Crippen molar-refractivity contribution in [2.24, 2.45) is 0 Å². The Balaban J connectivity index is 1.01. The summed E-state index contributed by atoms with van der Waals surface area (Å²) >= 11 is 0. The molecule has 0 atom stereocenters. The van der Waals surface area contributed by atoms with E-state index in [2.05, 4.69) is 198 Å². The fourth-order valence-corrected chi connectivity index (χ4v) is 8.98. The summed E-state index contributed by atoms with van der Waals surface area (Å²) in [4.78, 5) is 2.34. The quantitative estimate of drug-likeness (QED) is 0.155. The number of rotatable bonds is 8. The molecule has 3 nitrogen and oxygen atoms in total. The maximum Gasteiger partial charge on any atom is 0.136 e. The maximum atomic E-state index is 6.26. The molecule has 0 radical (unpaired) electrons. The third-order valence-corrected chi connectivity index (χ3v) is 11.7. The van der Waals surface area contributed by atoms with E-state index in [0.29, 0.717) is 0 Å². The highest BCUT2D eigenvalue weighted by Crippen LogP contribution is 2.43. The van der Waals surface area contributed by atoms with E-state index in [9.17, 15) is 0 Å². The minimum atomic E-state index is 0.831. The van der Waals surface area contributed by atoms with Crippen LogP contribution in [0.25, 0.3) is 94.6 Å². The van der Waals surface area contributed by atoms with Crippen molar-refractivity contribution < 1.29 is 4.42 Å². The molecule has 0 unspecified atom stereocenters. The van der Waals surface area contributed by atoms with Crippen LogP contribution in [0, 0.1) is 0 Å². The number of fused-ring (bicyclic) bond motifs is 7. The number of anilines is 3. The smallest absolute Gasteiger partial charge is 0.136 e. The van der Waals surface area contributed by atoms with Gasteiger partial charge in [-0.05, 0) is 95.4 Å². The van der Waals surface area contributed by atoms with Crippen LogP contribution in [0.4, 0.5) is 17.1 Å². The molecule has 0 saturated carbocycles. The predicted octanol–water partition coefficient (Wildman–Crippen LogP) is 15.7. The van der Waals surface area contributed by atoms with E-state index in [1.165, 1.54) is 60.3 Å². The van der Waals surface area contributed by atoms with E-state index in [-0.39, 0.29) is 0 Å². The standard InChI is InChI=1S/C55H38N2O/c1-3-12-52-44(4-2)47-34-27-40(35-53(47)58-52)38-23-30-42(31-24-38)56(41-28-21-37(22-29-41)36-13-6-5-7-14-36)43-32-25-39(26-33-43)45-16-10-18-49-50-19-11-17-48-46-15-8-9-20-51(46)57(54(45)49)55(48)50/h3-35H,2H2,1H3/b12-3-. The van der Waals surface area contributed by atoms with Crippen molar-refractivity contribution in [3.63, 3.8) is 0 Å². The van der Waals surface area contributed by atoms with Crippen molar-refractivity contribution in [1.82, 2.24) is 4.40 Å². The van der Waals surface area contributed by atoms with E-state index in [1.807, 2.05) is 25.2 Å². The van der Waals surface area contributed by atoms with Gasteiger partial charge in [-0.2, -0.15) is 0 Å². The summed E-state index contributed by atoms with van der Waals surface area (Å²) in [6.45, 7) is 6.03. The Labute approximate surface area is 337 Å². The van der Waals surface area contributed by atoms with Gasteiger partial charge < -0.3 is 13.7 Å². The van der Waals surface area contributed by atoms with Crippen LogP contribution < -0.4 is 4.90 Å². The van der Waals surface area contributed by atoms with Gasteiger partial charge in [-0.1, -0.05) is 146 Å². The number of allylic oxidation sites excluding steroid dienone is 1. The first-order chi connectivity index (χ1) is 28.7. The molecular weight excluding hydrogens is 705 g/mol. The van der Waals surface area contributed by atoms with E-state index in [0.717, 1.165) is 50.5 Å². The second kappa shape index (κ2) is 13.5. The van der Waals surface area contributed by atoms with E-state index >= 15 is 0 Å². The molecule has 11 aromatic rings. The lowest BCUT2D eigenvalue weighted by atomic mass is 10.00. The Morgan fingerprint density at radius 1 is 0.483 bits per heavy atom. The molecule has 0 aliphatic heterocycles. The van der Waals surface area contributed by atoms with Gasteiger partial charge in [0.05, 0.1) is 16.6 Å². The molecular formula is C55H38N2O. The van der Waals surface area contributed by atoms with Crippen LogP contribution in [-0.2, 0) is 0 Å². The highest BCUT2D eigenvalue weighted by molar-refractivity contribution is 6.25. The largest absolute Gasteiger partial charge is 0.456 e. The average Bonchev–Trinajstić information content (AvgIpc) is 3.94. The van der Waals surface area contributed by atoms with Gasteiger partial charge in [-0.3, -0.25) is 0 Å². The molecule has 0 fully saturated rings. The lowest BCUT2D eigenvalue weighted by Gasteiger charge is -2.26. The van der Waals surface area contributed by atoms with Gasteiger partial charge in [-0.25, -0.2) is 0 Å². The fraction of sp³-hybridized carbons (Fsp3) is 0.0182.